The van der Waals surface area contributed by atoms with Crippen molar-refractivity contribution in [3.05, 3.63) is 28.6 Å². The molecule has 90 valence electrons. The molecule has 0 aliphatic carbocycles. The quantitative estimate of drug-likeness (QED) is 0.596. The lowest BCUT2D eigenvalue weighted by Gasteiger charge is -2.05. The van der Waals surface area contributed by atoms with Crippen LogP contribution in [0.15, 0.2) is 23.0 Å². The molecule has 1 aromatic carbocycles. The molecule has 0 saturated carbocycles. The molecule has 17 heavy (non-hydrogen) atoms. The highest BCUT2D eigenvalue weighted by Crippen LogP contribution is 2.13. The van der Waals surface area contributed by atoms with E-state index < -0.39 is 0 Å². The summed E-state index contributed by atoms with van der Waals surface area (Å²) in [6.07, 6.45) is 0. The van der Waals surface area contributed by atoms with Crippen LogP contribution in [0.4, 0.5) is 5.69 Å². The second-order valence-electron chi connectivity index (χ2n) is 3.49. The number of ether oxygens (including phenoxy) is 2. The van der Waals surface area contributed by atoms with E-state index in [-0.39, 0.29) is 18.0 Å². The molecular formula is C11H13N3O3. The van der Waals surface area contributed by atoms with Crippen LogP contribution in [0.25, 0.3) is 11.0 Å². The molecule has 0 radical (unpaired) electrons. The number of nitrogen functional groups attached to an aromatic ring is 1. The molecule has 0 unspecified atom stereocenters. The van der Waals surface area contributed by atoms with Crippen molar-refractivity contribution >= 4 is 16.7 Å². The minimum absolute atomic E-state index is 0.0279. The van der Waals surface area contributed by atoms with Crippen LogP contribution in [0.1, 0.15) is 0 Å². The molecule has 2 aromatic rings. The Labute approximate surface area is 97.4 Å². The van der Waals surface area contributed by atoms with Crippen LogP contribution in [0.5, 0.6) is 5.88 Å². The van der Waals surface area contributed by atoms with Gasteiger partial charge in [0.2, 0.25) is 0 Å². The first-order valence-corrected chi connectivity index (χ1v) is 5.12. The fourth-order valence-electron chi connectivity index (χ4n) is 1.40. The number of anilines is 1. The molecule has 6 nitrogen and oxygen atoms in total. The maximum absolute atomic E-state index is 11.6. The van der Waals surface area contributed by atoms with Crippen LogP contribution >= 0.6 is 0 Å². The third-order valence-electron chi connectivity index (χ3n) is 2.21. The van der Waals surface area contributed by atoms with E-state index in [2.05, 4.69) is 9.97 Å². The molecule has 2 rings (SSSR count). The average Bonchev–Trinajstić information content (AvgIpc) is 2.31. The Kier molecular flexibility index (Phi) is 3.24. The molecule has 1 heterocycles. The number of benzene rings is 1. The van der Waals surface area contributed by atoms with E-state index in [4.69, 9.17) is 15.2 Å². The van der Waals surface area contributed by atoms with Crippen molar-refractivity contribution in [1.82, 2.24) is 9.97 Å². The van der Waals surface area contributed by atoms with E-state index in [1.807, 2.05) is 0 Å². The first-order valence-electron chi connectivity index (χ1n) is 5.12. The van der Waals surface area contributed by atoms with Crippen molar-refractivity contribution in [3.63, 3.8) is 0 Å². The average molecular weight is 235 g/mol. The molecule has 0 fully saturated rings. The van der Waals surface area contributed by atoms with Crippen molar-refractivity contribution in [2.75, 3.05) is 26.1 Å². The molecule has 0 aliphatic heterocycles. The summed E-state index contributed by atoms with van der Waals surface area (Å²) in [6.45, 7) is 0.677. The van der Waals surface area contributed by atoms with E-state index >= 15 is 0 Å². The van der Waals surface area contributed by atoms with Gasteiger partial charge in [-0.15, -0.1) is 0 Å². The molecule has 3 N–H and O–H groups in total. The molecule has 0 aliphatic rings. The summed E-state index contributed by atoms with van der Waals surface area (Å²) in [5, 5.41) is 0. The molecule has 6 heteroatoms. The molecule has 0 bridgehead atoms. The minimum atomic E-state index is -0.363. The number of H-pyrrole nitrogens is 1. The number of aromatic nitrogens is 2. The molecule has 1 aromatic heterocycles. The second kappa shape index (κ2) is 4.84. The second-order valence-corrected chi connectivity index (χ2v) is 3.49. The first-order chi connectivity index (χ1) is 8.20. The van der Waals surface area contributed by atoms with Gasteiger partial charge in [-0.25, -0.2) is 4.98 Å². The topological polar surface area (TPSA) is 90.2 Å². The zero-order valence-electron chi connectivity index (χ0n) is 9.40. The number of rotatable bonds is 4. The summed E-state index contributed by atoms with van der Waals surface area (Å²) in [7, 11) is 1.56. The normalized spacial score (nSPS) is 10.6. The highest BCUT2D eigenvalue weighted by molar-refractivity contribution is 5.78. The van der Waals surface area contributed by atoms with Gasteiger partial charge in [-0.2, -0.15) is 0 Å². The highest BCUT2D eigenvalue weighted by atomic mass is 16.5. The zero-order valence-corrected chi connectivity index (χ0v) is 9.40. The largest absolute Gasteiger partial charge is 0.471 e. The van der Waals surface area contributed by atoms with Gasteiger partial charge in [-0.05, 0) is 18.2 Å². The lowest BCUT2D eigenvalue weighted by atomic mass is 10.3. The van der Waals surface area contributed by atoms with E-state index in [9.17, 15) is 4.79 Å². The predicted molar refractivity (Wildman–Crippen MR) is 64.1 cm³/mol. The van der Waals surface area contributed by atoms with Gasteiger partial charge in [0.15, 0.2) is 0 Å². The lowest BCUT2D eigenvalue weighted by molar-refractivity contribution is 0.143. The van der Waals surface area contributed by atoms with Crippen LogP contribution in [0.2, 0.25) is 0 Å². The smallest absolute Gasteiger partial charge is 0.311 e. The molecule has 0 spiro atoms. The number of methoxy groups -OCH3 is 1. The first kappa shape index (κ1) is 11.4. The molecule has 0 saturated heterocycles. The summed E-state index contributed by atoms with van der Waals surface area (Å²) in [5.74, 6) is 0.0279. The maximum Gasteiger partial charge on any atom is 0.311 e. The van der Waals surface area contributed by atoms with Crippen molar-refractivity contribution in [3.8, 4) is 5.88 Å². The minimum Gasteiger partial charge on any atom is -0.471 e. The Balaban J connectivity index is 2.36. The van der Waals surface area contributed by atoms with E-state index in [0.717, 1.165) is 0 Å². The number of aromatic amines is 1. The fourth-order valence-corrected chi connectivity index (χ4v) is 1.40. The Bertz CT molecular complexity index is 580. The van der Waals surface area contributed by atoms with Crippen LogP contribution in [0.3, 0.4) is 0 Å². The van der Waals surface area contributed by atoms with Crippen LogP contribution in [-0.4, -0.2) is 30.3 Å². The standard InChI is InChI=1S/C11H13N3O3/c1-16-4-5-17-11-10(15)13-8-3-2-7(12)6-9(8)14-11/h2-3,6H,4-5,12H2,1H3,(H,13,15). The van der Waals surface area contributed by atoms with Crippen molar-refractivity contribution < 1.29 is 9.47 Å². The summed E-state index contributed by atoms with van der Waals surface area (Å²) in [5.41, 5.74) is 7.08. The Morgan fingerprint density at radius 3 is 3.00 bits per heavy atom. The number of hydrogen-bond donors (Lipinski definition) is 2. The van der Waals surface area contributed by atoms with Gasteiger partial charge in [-0.3, -0.25) is 4.79 Å². The zero-order chi connectivity index (χ0) is 12.3. The van der Waals surface area contributed by atoms with Crippen molar-refractivity contribution in [2.45, 2.75) is 0 Å². The van der Waals surface area contributed by atoms with Crippen LogP contribution in [0, 0.1) is 0 Å². The SMILES string of the molecule is COCCOc1nc2cc(N)ccc2[nH]c1=O. The summed E-state index contributed by atoms with van der Waals surface area (Å²) < 4.78 is 10.0. The van der Waals surface area contributed by atoms with E-state index in [0.29, 0.717) is 23.3 Å². The molecule has 0 amide bonds. The van der Waals surface area contributed by atoms with Gasteiger partial charge >= 0.3 is 5.56 Å². The Hall–Kier alpha value is -2.08. The highest BCUT2D eigenvalue weighted by Gasteiger charge is 2.05. The number of hydrogen-bond acceptors (Lipinski definition) is 5. The number of nitrogens with two attached hydrogens (primary N) is 1. The summed E-state index contributed by atoms with van der Waals surface area (Å²) in [6, 6.07) is 5.08. The Morgan fingerprint density at radius 1 is 1.41 bits per heavy atom. The third-order valence-corrected chi connectivity index (χ3v) is 2.21. The maximum atomic E-state index is 11.6. The van der Waals surface area contributed by atoms with E-state index in [1.165, 1.54) is 0 Å². The summed E-state index contributed by atoms with van der Waals surface area (Å²) in [4.78, 5) is 18.4. The molecular weight excluding hydrogens is 222 g/mol. The number of fused-ring (bicyclic) bond motifs is 1. The lowest BCUT2D eigenvalue weighted by Crippen LogP contribution is -2.16. The van der Waals surface area contributed by atoms with Gasteiger partial charge in [0, 0.05) is 12.8 Å². The molecule has 0 atom stereocenters. The van der Waals surface area contributed by atoms with Gasteiger partial charge in [-0.1, -0.05) is 0 Å². The van der Waals surface area contributed by atoms with Gasteiger partial charge in [0.25, 0.3) is 5.88 Å². The van der Waals surface area contributed by atoms with Crippen molar-refractivity contribution in [1.29, 1.82) is 0 Å². The Morgan fingerprint density at radius 2 is 2.24 bits per heavy atom. The predicted octanol–water partition coefficient (Wildman–Crippen LogP) is 0.531. The van der Waals surface area contributed by atoms with Gasteiger partial charge in [0.05, 0.1) is 17.6 Å². The van der Waals surface area contributed by atoms with E-state index in [1.54, 1.807) is 25.3 Å². The number of nitrogens with one attached hydrogen (secondary N) is 1. The number of nitrogens with zero attached hydrogens (tertiary/aromatic N) is 1. The van der Waals surface area contributed by atoms with Crippen LogP contribution in [-0.2, 0) is 4.74 Å². The summed E-state index contributed by atoms with van der Waals surface area (Å²) >= 11 is 0. The fraction of sp³-hybridized carbons (Fsp3) is 0.273. The van der Waals surface area contributed by atoms with Gasteiger partial charge < -0.3 is 20.2 Å². The van der Waals surface area contributed by atoms with Gasteiger partial charge in [0.1, 0.15) is 6.61 Å². The third kappa shape index (κ3) is 2.54. The van der Waals surface area contributed by atoms with Crippen molar-refractivity contribution in [2.24, 2.45) is 0 Å². The monoisotopic (exact) mass is 235 g/mol. The van der Waals surface area contributed by atoms with Crippen LogP contribution < -0.4 is 16.0 Å².